The molecule has 5 heterocycles. The number of benzene rings is 1. The molecule has 0 spiro atoms. The van der Waals surface area contributed by atoms with Crippen molar-refractivity contribution in [3.63, 3.8) is 0 Å². The number of halogens is 1. The molecule has 1 atom stereocenters. The van der Waals surface area contributed by atoms with Gasteiger partial charge in [0.05, 0.1) is 25.7 Å². The molecule has 4 aromatic rings. The largest absolute Gasteiger partial charge is 0.493 e. The first-order valence-corrected chi connectivity index (χ1v) is 12.5. The van der Waals surface area contributed by atoms with E-state index in [1.54, 1.807) is 55.6 Å². The lowest BCUT2D eigenvalue weighted by Gasteiger charge is -2.29. The Labute approximate surface area is 223 Å². The molecule has 6 rings (SSSR count). The van der Waals surface area contributed by atoms with E-state index in [0.29, 0.717) is 57.5 Å². The van der Waals surface area contributed by atoms with Gasteiger partial charge in [0.15, 0.2) is 23.0 Å². The number of anilines is 1. The molecule has 0 radical (unpaired) electrons. The molecule has 39 heavy (non-hydrogen) atoms. The van der Waals surface area contributed by atoms with Crippen molar-refractivity contribution in [1.29, 1.82) is 0 Å². The number of hydrogen-bond donors (Lipinski definition) is 0. The van der Waals surface area contributed by atoms with Crippen LogP contribution in [0.4, 0.5) is 15.0 Å². The van der Waals surface area contributed by atoms with Gasteiger partial charge >= 0.3 is 6.09 Å². The second-order valence-corrected chi connectivity index (χ2v) is 10.6. The number of carbonyl (C=O) groups is 2. The molecule has 2 aliphatic heterocycles. The topological polar surface area (TPSA) is 108 Å². The van der Waals surface area contributed by atoms with E-state index >= 15 is 4.39 Å². The maximum atomic E-state index is 15.3. The average Bonchev–Trinajstić information content (AvgIpc) is 3.54. The Kier molecular flexibility index (Phi) is 5.74. The van der Waals surface area contributed by atoms with E-state index in [1.807, 2.05) is 0 Å². The van der Waals surface area contributed by atoms with Crippen molar-refractivity contribution in [3.05, 3.63) is 65.5 Å². The summed E-state index contributed by atoms with van der Waals surface area (Å²) < 4.78 is 34.9. The summed E-state index contributed by atoms with van der Waals surface area (Å²) >= 11 is 0. The molecule has 1 amide bonds. The van der Waals surface area contributed by atoms with Crippen molar-refractivity contribution in [2.45, 2.75) is 45.8 Å². The number of amides is 1. The fourth-order valence-electron chi connectivity index (χ4n) is 4.94. The van der Waals surface area contributed by atoms with Gasteiger partial charge in [-0.15, -0.1) is 10.2 Å². The van der Waals surface area contributed by atoms with Crippen LogP contribution >= 0.6 is 0 Å². The first-order valence-electron chi connectivity index (χ1n) is 12.5. The van der Waals surface area contributed by atoms with Gasteiger partial charge in [0.1, 0.15) is 29.2 Å². The highest BCUT2D eigenvalue weighted by atomic mass is 19.1. The molecule has 1 aromatic carbocycles. The van der Waals surface area contributed by atoms with Crippen LogP contribution in [0.15, 0.2) is 42.9 Å². The van der Waals surface area contributed by atoms with Crippen LogP contribution in [0, 0.1) is 5.82 Å². The lowest BCUT2D eigenvalue weighted by molar-refractivity contribution is 0.0574. The number of ether oxygens (including phenoxy) is 3. The maximum Gasteiger partial charge on any atom is 0.416 e. The second kappa shape index (κ2) is 9.04. The fourth-order valence-corrected chi connectivity index (χ4v) is 4.94. The third kappa shape index (κ3) is 4.33. The fraction of sp³-hybridized carbons (Fsp3) is 0.321. The Morgan fingerprint density at radius 2 is 1.87 bits per heavy atom. The molecule has 0 N–H and O–H groups in total. The van der Waals surface area contributed by atoms with E-state index in [1.165, 1.54) is 24.2 Å². The monoisotopic (exact) mass is 531 g/mol. The molecule has 11 heteroatoms. The minimum Gasteiger partial charge on any atom is -0.493 e. The molecule has 0 fully saturated rings. The first-order chi connectivity index (χ1) is 18.6. The number of carbonyl (C=O) groups excluding carboxylic acids is 2. The zero-order valence-electron chi connectivity index (χ0n) is 21.9. The van der Waals surface area contributed by atoms with Crippen LogP contribution < -0.4 is 14.4 Å². The summed E-state index contributed by atoms with van der Waals surface area (Å²) in [5.41, 5.74) is 2.27. The average molecular weight is 532 g/mol. The summed E-state index contributed by atoms with van der Waals surface area (Å²) in [7, 11) is 0. The molecule has 0 saturated carbocycles. The van der Waals surface area contributed by atoms with Gasteiger partial charge in [-0.05, 0) is 45.0 Å². The van der Waals surface area contributed by atoms with Crippen LogP contribution in [0.1, 0.15) is 55.2 Å². The van der Waals surface area contributed by atoms with E-state index < -0.39 is 17.5 Å². The van der Waals surface area contributed by atoms with Crippen LogP contribution in [-0.2, 0) is 11.3 Å². The van der Waals surface area contributed by atoms with E-state index in [2.05, 4.69) is 15.2 Å². The van der Waals surface area contributed by atoms with Crippen LogP contribution in [-0.4, -0.2) is 50.3 Å². The van der Waals surface area contributed by atoms with Gasteiger partial charge in [-0.2, -0.15) is 0 Å². The van der Waals surface area contributed by atoms with Crippen molar-refractivity contribution in [2.75, 3.05) is 18.1 Å². The third-order valence-electron chi connectivity index (χ3n) is 6.68. The summed E-state index contributed by atoms with van der Waals surface area (Å²) in [5, 5.41) is 8.40. The Morgan fingerprint density at radius 1 is 1.10 bits per heavy atom. The van der Waals surface area contributed by atoms with Gasteiger partial charge < -0.3 is 14.2 Å². The standard InChI is InChI=1S/C28H26FN5O5/c1-15(35)21-7-5-16(10-30-21)18-9-23-26(34-14-31-32-25(18)34)33(27(36)39-28(2,3)4)11-19-20(29)6-8-22-24(19)17(12-37-22)13-38-23/h5-10,14,17H,11-13H2,1-4H3. The minimum atomic E-state index is -0.810. The van der Waals surface area contributed by atoms with E-state index in [0.717, 1.165) is 0 Å². The molecule has 10 nitrogen and oxygen atoms in total. The van der Waals surface area contributed by atoms with Gasteiger partial charge in [0, 0.05) is 35.4 Å². The van der Waals surface area contributed by atoms with Crippen molar-refractivity contribution in [3.8, 4) is 22.6 Å². The lowest BCUT2D eigenvalue weighted by atomic mass is 9.95. The number of Topliss-reactive ketones (excluding diaryl/α,β-unsaturated/α-hetero) is 1. The maximum absolute atomic E-state index is 15.3. The molecule has 200 valence electrons. The van der Waals surface area contributed by atoms with Crippen molar-refractivity contribution < 1.29 is 28.2 Å². The van der Waals surface area contributed by atoms with Crippen LogP contribution in [0.3, 0.4) is 0 Å². The predicted octanol–water partition coefficient (Wildman–Crippen LogP) is 4.94. The number of rotatable bonds is 2. The molecular weight excluding hydrogens is 505 g/mol. The number of hydrogen-bond acceptors (Lipinski definition) is 8. The summed E-state index contributed by atoms with van der Waals surface area (Å²) in [6, 6.07) is 8.11. The SMILES string of the molecule is CC(=O)c1ccc(-c2cc3c(n4cnnc24)N(C(=O)OC(C)(C)C)Cc2c(F)ccc4c2C(CO4)CO3)cn1. The Hall–Kier alpha value is -4.54. The van der Waals surface area contributed by atoms with Gasteiger partial charge in [-0.1, -0.05) is 6.07 Å². The van der Waals surface area contributed by atoms with Crippen LogP contribution in [0.25, 0.3) is 16.8 Å². The number of nitrogens with zero attached hydrogens (tertiary/aromatic N) is 5. The minimum absolute atomic E-state index is 0.123. The smallest absolute Gasteiger partial charge is 0.416 e. The number of aromatic nitrogens is 4. The van der Waals surface area contributed by atoms with E-state index in [9.17, 15) is 9.59 Å². The highest BCUT2D eigenvalue weighted by molar-refractivity contribution is 5.94. The van der Waals surface area contributed by atoms with Crippen LogP contribution in [0.2, 0.25) is 0 Å². The third-order valence-corrected chi connectivity index (χ3v) is 6.68. The molecule has 0 aliphatic carbocycles. The molecule has 3 aromatic heterocycles. The van der Waals surface area contributed by atoms with Crippen molar-refractivity contribution >= 4 is 23.3 Å². The quantitative estimate of drug-likeness (QED) is 0.335. The molecule has 0 bridgehead atoms. The highest BCUT2D eigenvalue weighted by Gasteiger charge is 2.37. The first kappa shape index (κ1) is 24.8. The highest BCUT2D eigenvalue weighted by Crippen LogP contribution is 2.44. The van der Waals surface area contributed by atoms with Crippen molar-refractivity contribution in [1.82, 2.24) is 19.6 Å². The summed E-state index contributed by atoms with van der Waals surface area (Å²) in [6.45, 7) is 7.13. The van der Waals surface area contributed by atoms with Crippen molar-refractivity contribution in [2.24, 2.45) is 0 Å². The summed E-state index contributed by atoms with van der Waals surface area (Å²) in [5.74, 6) is 0.384. The van der Waals surface area contributed by atoms with Gasteiger partial charge in [-0.25, -0.2) is 9.18 Å². The second-order valence-electron chi connectivity index (χ2n) is 10.6. The Morgan fingerprint density at radius 3 is 2.56 bits per heavy atom. The predicted molar refractivity (Wildman–Crippen MR) is 139 cm³/mol. The molecule has 0 saturated heterocycles. The van der Waals surface area contributed by atoms with Gasteiger partial charge in [-0.3, -0.25) is 19.1 Å². The number of ketones is 1. The van der Waals surface area contributed by atoms with Gasteiger partial charge in [0.2, 0.25) is 0 Å². The van der Waals surface area contributed by atoms with E-state index in [-0.39, 0.29) is 24.9 Å². The Bertz CT molecular complexity index is 1630. The summed E-state index contributed by atoms with van der Waals surface area (Å²) in [6.07, 6.45) is 2.36. The Balaban J connectivity index is 1.57. The molecule has 2 aliphatic rings. The zero-order valence-corrected chi connectivity index (χ0v) is 21.9. The number of fused-ring (bicyclic) bond motifs is 3. The molecule has 1 unspecified atom stereocenters. The summed E-state index contributed by atoms with van der Waals surface area (Å²) in [4.78, 5) is 31.0. The normalized spacial score (nSPS) is 16.3. The number of pyridine rings is 2. The van der Waals surface area contributed by atoms with Crippen LogP contribution in [0.5, 0.6) is 11.5 Å². The lowest BCUT2D eigenvalue weighted by Crippen LogP contribution is -2.38. The van der Waals surface area contributed by atoms with Gasteiger partial charge in [0.25, 0.3) is 0 Å². The molecular formula is C28H26FN5O5. The van der Waals surface area contributed by atoms with E-state index in [4.69, 9.17) is 14.2 Å². The zero-order chi connectivity index (χ0) is 27.5.